The second-order valence-corrected chi connectivity index (χ2v) is 5.39. The van der Waals surface area contributed by atoms with Crippen molar-refractivity contribution in [1.82, 2.24) is 5.32 Å². The van der Waals surface area contributed by atoms with Crippen LogP contribution >= 0.6 is 11.8 Å². The molecular weight excluding hydrogens is 312 g/mol. The van der Waals surface area contributed by atoms with Gasteiger partial charge in [0.1, 0.15) is 5.75 Å². The van der Waals surface area contributed by atoms with Crippen molar-refractivity contribution in [3.63, 3.8) is 0 Å². The zero-order valence-corrected chi connectivity index (χ0v) is 13.0. The average Bonchev–Trinajstić information content (AvgIpc) is 2.70. The first kappa shape index (κ1) is 14.9. The summed E-state index contributed by atoms with van der Waals surface area (Å²) in [7, 11) is 0. The maximum Gasteiger partial charge on any atom is 0.259 e. The molecule has 0 spiro atoms. The summed E-state index contributed by atoms with van der Waals surface area (Å²) in [4.78, 5) is 16.7. The molecule has 3 rings (SSSR count). The number of nitrogens with one attached hydrogen (secondary N) is 2. The van der Waals surface area contributed by atoms with Crippen LogP contribution in [-0.4, -0.2) is 17.3 Å². The molecule has 0 aliphatic carbocycles. The Kier molecular flexibility index (Phi) is 4.17. The van der Waals surface area contributed by atoms with Crippen molar-refractivity contribution in [2.45, 2.75) is 0 Å². The minimum Gasteiger partial charge on any atom is -0.454 e. The van der Waals surface area contributed by atoms with E-state index in [1.165, 1.54) is 11.8 Å². The summed E-state index contributed by atoms with van der Waals surface area (Å²) < 4.78 is 5.80. The number of fused-ring (bicyclic) bond motifs is 2. The number of para-hydroxylation sites is 2. The number of anilines is 1. The molecule has 114 valence electrons. The molecule has 0 atom stereocenters. The first-order valence-electron chi connectivity index (χ1n) is 6.71. The number of amidine groups is 1. The van der Waals surface area contributed by atoms with Gasteiger partial charge >= 0.3 is 0 Å². The van der Waals surface area contributed by atoms with E-state index in [9.17, 15) is 4.79 Å². The number of carbonyl (C=O) groups is 1. The minimum absolute atomic E-state index is 0.263. The van der Waals surface area contributed by atoms with E-state index in [0.29, 0.717) is 33.6 Å². The normalized spacial score (nSPS) is 12.9. The molecule has 7 heteroatoms. The summed E-state index contributed by atoms with van der Waals surface area (Å²) in [6.45, 7) is 0. The molecule has 6 nitrogen and oxygen atoms in total. The molecule has 0 saturated heterocycles. The third-order valence-electron chi connectivity index (χ3n) is 3.15. The number of amides is 1. The Bertz CT molecular complexity index is 842. The molecule has 23 heavy (non-hydrogen) atoms. The number of nitrogens with zero attached hydrogens (tertiary/aromatic N) is 2. The average molecular weight is 324 g/mol. The summed E-state index contributed by atoms with van der Waals surface area (Å²) in [5.41, 5.74) is 1.56. The minimum atomic E-state index is -0.263. The van der Waals surface area contributed by atoms with Gasteiger partial charge in [0.25, 0.3) is 5.91 Å². The first-order valence-corrected chi connectivity index (χ1v) is 7.94. The highest BCUT2D eigenvalue weighted by Crippen LogP contribution is 2.36. The van der Waals surface area contributed by atoms with E-state index in [-0.39, 0.29) is 5.91 Å². The fourth-order valence-electron chi connectivity index (χ4n) is 2.11. The van der Waals surface area contributed by atoms with Gasteiger partial charge in [-0.25, -0.2) is 4.99 Å². The summed E-state index contributed by atoms with van der Waals surface area (Å²) in [6, 6.07) is 12.3. The first-order chi connectivity index (χ1) is 11.2. The van der Waals surface area contributed by atoms with Gasteiger partial charge in [-0.1, -0.05) is 23.9 Å². The molecule has 0 fully saturated rings. The Balaban J connectivity index is 2.00. The molecule has 2 aromatic carbocycles. The number of carbonyl (C=O) groups excluding carboxylic acids is 1. The van der Waals surface area contributed by atoms with Gasteiger partial charge in [-0.15, -0.1) is 0 Å². The number of benzene rings is 2. The second-order valence-electron chi connectivity index (χ2n) is 4.59. The zero-order chi connectivity index (χ0) is 16.2. The number of rotatable bonds is 1. The van der Waals surface area contributed by atoms with Crippen LogP contribution in [0, 0.1) is 11.5 Å². The molecule has 0 radical (unpaired) electrons. The van der Waals surface area contributed by atoms with Crippen molar-refractivity contribution in [3.8, 4) is 17.7 Å². The smallest absolute Gasteiger partial charge is 0.259 e. The monoisotopic (exact) mass is 324 g/mol. The summed E-state index contributed by atoms with van der Waals surface area (Å²) in [5, 5.41) is 14.4. The Morgan fingerprint density at radius 2 is 2.13 bits per heavy atom. The Labute approximate surface area is 137 Å². The molecule has 1 aliphatic heterocycles. The summed E-state index contributed by atoms with van der Waals surface area (Å²) >= 11 is 1.31. The predicted molar refractivity (Wildman–Crippen MR) is 90.3 cm³/mol. The van der Waals surface area contributed by atoms with E-state index in [1.54, 1.807) is 36.6 Å². The predicted octanol–water partition coefficient (Wildman–Crippen LogP) is 3.47. The number of ether oxygens (including phenoxy) is 1. The van der Waals surface area contributed by atoms with Gasteiger partial charge in [0, 0.05) is 0 Å². The van der Waals surface area contributed by atoms with Crippen molar-refractivity contribution in [2.24, 2.45) is 4.99 Å². The standard InChI is InChI=1S/C16H12N4O2S/c1-23-16(18-9-17)19-10-6-7-13-11(8-10)15(21)20-12-4-2-3-5-14(12)22-13/h2-8H,1H3,(H,18,19)(H,20,21). The van der Waals surface area contributed by atoms with Gasteiger partial charge < -0.3 is 10.1 Å². The Morgan fingerprint density at radius 3 is 2.91 bits per heavy atom. The molecule has 2 N–H and O–H groups in total. The Hall–Kier alpha value is -2.98. The fraction of sp³-hybridized carbons (Fsp3) is 0.0625. The maximum absolute atomic E-state index is 12.4. The van der Waals surface area contributed by atoms with Crippen LogP contribution in [0.1, 0.15) is 10.4 Å². The molecular formula is C16H12N4O2S. The van der Waals surface area contributed by atoms with Crippen LogP contribution in [0.2, 0.25) is 0 Å². The third-order valence-corrected chi connectivity index (χ3v) is 3.73. The maximum atomic E-state index is 12.4. The lowest BCUT2D eigenvalue weighted by Gasteiger charge is -2.07. The number of thioether (sulfide) groups is 1. The molecule has 0 aromatic heterocycles. The topological polar surface area (TPSA) is 86.5 Å². The number of aliphatic imine (C=N–C) groups is 1. The van der Waals surface area contributed by atoms with Gasteiger partial charge in [0.05, 0.1) is 16.9 Å². The molecule has 0 saturated carbocycles. The molecule has 2 aromatic rings. The Morgan fingerprint density at radius 1 is 1.30 bits per heavy atom. The third kappa shape index (κ3) is 3.12. The van der Waals surface area contributed by atoms with Crippen LogP contribution < -0.4 is 15.4 Å². The van der Waals surface area contributed by atoms with Gasteiger partial charge in [-0.2, -0.15) is 5.26 Å². The van der Waals surface area contributed by atoms with Crippen molar-refractivity contribution in [3.05, 3.63) is 48.0 Å². The van der Waals surface area contributed by atoms with E-state index in [0.717, 1.165) is 0 Å². The SMILES string of the molecule is CSC(=Nc1ccc2c(c1)C(=O)Nc1ccccc1O2)NC#N. The molecule has 0 bridgehead atoms. The van der Waals surface area contributed by atoms with Gasteiger partial charge in [-0.3, -0.25) is 10.1 Å². The van der Waals surface area contributed by atoms with Crippen molar-refractivity contribution in [2.75, 3.05) is 11.6 Å². The highest BCUT2D eigenvalue weighted by Gasteiger charge is 2.20. The number of nitriles is 1. The molecule has 1 amide bonds. The summed E-state index contributed by atoms with van der Waals surface area (Å²) in [6.07, 6.45) is 3.63. The molecule has 0 unspecified atom stereocenters. The van der Waals surface area contributed by atoms with E-state index >= 15 is 0 Å². The summed E-state index contributed by atoms with van der Waals surface area (Å²) in [5.74, 6) is 0.790. The van der Waals surface area contributed by atoms with Gasteiger partial charge in [-0.05, 0) is 36.6 Å². The van der Waals surface area contributed by atoms with E-state index in [2.05, 4.69) is 15.6 Å². The van der Waals surface area contributed by atoms with Crippen LogP contribution in [0.4, 0.5) is 11.4 Å². The number of hydrogen-bond donors (Lipinski definition) is 2. The van der Waals surface area contributed by atoms with E-state index in [1.807, 2.05) is 18.3 Å². The van der Waals surface area contributed by atoms with Crippen molar-refractivity contribution < 1.29 is 9.53 Å². The quantitative estimate of drug-likeness (QED) is 0.363. The van der Waals surface area contributed by atoms with Crippen LogP contribution in [-0.2, 0) is 0 Å². The second kappa shape index (κ2) is 6.42. The largest absolute Gasteiger partial charge is 0.454 e. The fourth-order valence-corrected chi connectivity index (χ4v) is 2.46. The lowest BCUT2D eigenvalue weighted by atomic mass is 10.1. The highest BCUT2D eigenvalue weighted by atomic mass is 32.2. The van der Waals surface area contributed by atoms with Crippen LogP contribution in [0.25, 0.3) is 0 Å². The van der Waals surface area contributed by atoms with Crippen molar-refractivity contribution >= 4 is 34.2 Å². The van der Waals surface area contributed by atoms with Crippen LogP contribution in [0.3, 0.4) is 0 Å². The van der Waals surface area contributed by atoms with Gasteiger partial charge in [0.15, 0.2) is 17.1 Å². The van der Waals surface area contributed by atoms with E-state index < -0.39 is 0 Å². The molecule has 1 aliphatic rings. The van der Waals surface area contributed by atoms with Gasteiger partial charge in [0.2, 0.25) is 0 Å². The molecule has 1 heterocycles. The number of hydrogen-bond acceptors (Lipinski definition) is 5. The lowest BCUT2D eigenvalue weighted by Crippen LogP contribution is -2.13. The highest BCUT2D eigenvalue weighted by molar-refractivity contribution is 8.13. The van der Waals surface area contributed by atoms with Crippen LogP contribution in [0.15, 0.2) is 47.5 Å². The van der Waals surface area contributed by atoms with Crippen molar-refractivity contribution in [1.29, 1.82) is 5.26 Å². The zero-order valence-electron chi connectivity index (χ0n) is 12.2. The van der Waals surface area contributed by atoms with Crippen LogP contribution in [0.5, 0.6) is 11.5 Å². The lowest BCUT2D eigenvalue weighted by molar-refractivity contribution is 0.102. The van der Waals surface area contributed by atoms with E-state index in [4.69, 9.17) is 10.00 Å².